The molecule has 170 valence electrons. The molecule has 0 radical (unpaired) electrons. The van der Waals surface area contributed by atoms with Crippen molar-refractivity contribution in [3.05, 3.63) is 53.6 Å². The van der Waals surface area contributed by atoms with Gasteiger partial charge in [0, 0.05) is 43.3 Å². The first-order valence-corrected chi connectivity index (χ1v) is 12.4. The number of aryl methyl sites for hydroxylation is 1. The van der Waals surface area contributed by atoms with Gasteiger partial charge in [-0.15, -0.1) is 0 Å². The molecule has 2 aromatic rings. The molecule has 0 unspecified atom stereocenters. The van der Waals surface area contributed by atoms with Crippen LogP contribution in [0.5, 0.6) is 0 Å². The number of carbonyl (C=O) groups excluding carboxylic acids is 2. The van der Waals surface area contributed by atoms with Crippen molar-refractivity contribution in [1.82, 2.24) is 4.31 Å². The molecule has 2 aliphatic heterocycles. The monoisotopic (exact) mass is 455 g/mol. The van der Waals surface area contributed by atoms with Crippen LogP contribution in [0.15, 0.2) is 47.4 Å². The Morgan fingerprint density at radius 2 is 1.75 bits per heavy atom. The lowest BCUT2D eigenvalue weighted by Gasteiger charge is -2.30. The summed E-state index contributed by atoms with van der Waals surface area (Å²) in [6.45, 7) is 6.04. The van der Waals surface area contributed by atoms with Gasteiger partial charge in [-0.25, -0.2) is 8.42 Å². The van der Waals surface area contributed by atoms with Crippen molar-refractivity contribution in [2.75, 3.05) is 23.3 Å². The fourth-order valence-electron chi connectivity index (χ4n) is 4.70. The van der Waals surface area contributed by atoms with Crippen LogP contribution >= 0.6 is 0 Å². The van der Waals surface area contributed by atoms with E-state index < -0.39 is 10.0 Å². The SMILES string of the molecule is CC(=O)N1c2ccc(S(=O)(=O)N3CCC(C(=O)Nc4ccccc4C)CC3)cc2C[C@H]1C. The summed E-state index contributed by atoms with van der Waals surface area (Å²) in [7, 11) is -3.66. The highest BCUT2D eigenvalue weighted by molar-refractivity contribution is 7.89. The van der Waals surface area contributed by atoms with Crippen LogP contribution in [0.1, 0.15) is 37.8 Å². The Balaban J connectivity index is 1.43. The Bertz CT molecular complexity index is 1150. The van der Waals surface area contributed by atoms with Gasteiger partial charge in [-0.2, -0.15) is 4.31 Å². The molecule has 0 aliphatic carbocycles. The standard InChI is InChI=1S/C24H29N3O4S/c1-16-6-4-5-7-22(16)25-24(29)19-10-12-26(13-11-19)32(30,31)21-8-9-23-20(15-21)14-17(2)27(23)18(3)28/h4-9,15,17,19H,10-14H2,1-3H3,(H,25,29)/t17-/m1/s1. The average molecular weight is 456 g/mol. The minimum absolute atomic E-state index is 0.0166. The topological polar surface area (TPSA) is 86.8 Å². The summed E-state index contributed by atoms with van der Waals surface area (Å²) in [5, 5.41) is 2.97. The van der Waals surface area contributed by atoms with Gasteiger partial charge in [0.2, 0.25) is 21.8 Å². The van der Waals surface area contributed by atoms with Crippen molar-refractivity contribution in [2.45, 2.75) is 51.0 Å². The molecule has 2 heterocycles. The van der Waals surface area contributed by atoms with Crippen LogP contribution in [0.3, 0.4) is 0 Å². The highest BCUT2D eigenvalue weighted by Gasteiger charge is 2.34. The molecular formula is C24H29N3O4S. The maximum Gasteiger partial charge on any atom is 0.243 e. The van der Waals surface area contributed by atoms with Crippen molar-refractivity contribution in [3.8, 4) is 0 Å². The first-order chi connectivity index (χ1) is 15.2. The summed E-state index contributed by atoms with van der Waals surface area (Å²) < 4.78 is 27.9. The number of piperidine rings is 1. The highest BCUT2D eigenvalue weighted by atomic mass is 32.2. The van der Waals surface area contributed by atoms with Gasteiger partial charge in [-0.05, 0) is 68.5 Å². The Hall–Kier alpha value is -2.71. The lowest BCUT2D eigenvalue weighted by Crippen LogP contribution is -2.41. The molecule has 0 spiro atoms. The van der Waals surface area contributed by atoms with E-state index in [2.05, 4.69) is 5.32 Å². The van der Waals surface area contributed by atoms with Crippen LogP contribution in [-0.2, 0) is 26.0 Å². The molecule has 7 nitrogen and oxygen atoms in total. The molecule has 2 aliphatic rings. The van der Waals surface area contributed by atoms with Crippen molar-refractivity contribution >= 4 is 33.2 Å². The number of amides is 2. The third-order valence-corrected chi connectivity index (χ3v) is 8.37. The van der Waals surface area contributed by atoms with Crippen molar-refractivity contribution in [3.63, 3.8) is 0 Å². The Morgan fingerprint density at radius 3 is 2.41 bits per heavy atom. The smallest absolute Gasteiger partial charge is 0.243 e. The van der Waals surface area contributed by atoms with E-state index in [9.17, 15) is 18.0 Å². The molecule has 4 rings (SSSR count). The summed E-state index contributed by atoms with van der Waals surface area (Å²) in [4.78, 5) is 26.6. The van der Waals surface area contributed by atoms with Crippen molar-refractivity contribution in [2.24, 2.45) is 5.92 Å². The first kappa shape index (κ1) is 22.5. The fraction of sp³-hybridized carbons (Fsp3) is 0.417. The molecule has 32 heavy (non-hydrogen) atoms. The second-order valence-corrected chi connectivity index (χ2v) is 10.7. The van der Waals surface area contributed by atoms with Crippen LogP contribution in [0.2, 0.25) is 0 Å². The number of hydrogen-bond acceptors (Lipinski definition) is 4. The van der Waals surface area contributed by atoms with Gasteiger partial charge < -0.3 is 10.2 Å². The Labute approximate surface area is 189 Å². The van der Waals surface area contributed by atoms with Crippen LogP contribution < -0.4 is 10.2 Å². The largest absolute Gasteiger partial charge is 0.326 e. The lowest BCUT2D eigenvalue weighted by atomic mass is 9.97. The zero-order chi connectivity index (χ0) is 23.0. The van der Waals surface area contributed by atoms with Crippen LogP contribution in [0.4, 0.5) is 11.4 Å². The number of hydrogen-bond donors (Lipinski definition) is 1. The van der Waals surface area contributed by atoms with E-state index in [4.69, 9.17) is 0 Å². The van der Waals surface area contributed by atoms with Gasteiger partial charge in [0.05, 0.1) is 4.90 Å². The zero-order valence-corrected chi connectivity index (χ0v) is 19.5. The summed E-state index contributed by atoms with van der Waals surface area (Å²) in [6, 6.07) is 12.6. The minimum atomic E-state index is -3.66. The molecule has 2 amide bonds. The third-order valence-electron chi connectivity index (χ3n) is 6.47. The molecule has 1 N–H and O–H groups in total. The molecule has 1 atom stereocenters. The van der Waals surface area contributed by atoms with E-state index in [1.54, 1.807) is 23.1 Å². The van der Waals surface area contributed by atoms with E-state index in [1.807, 2.05) is 38.1 Å². The van der Waals surface area contributed by atoms with E-state index >= 15 is 0 Å². The zero-order valence-electron chi connectivity index (χ0n) is 18.7. The third kappa shape index (κ3) is 4.17. The molecule has 0 saturated carbocycles. The Kier molecular flexibility index (Phi) is 6.09. The van der Waals surface area contributed by atoms with Gasteiger partial charge in [-0.3, -0.25) is 9.59 Å². The van der Waals surface area contributed by atoms with E-state index in [0.29, 0.717) is 32.4 Å². The number of carbonyl (C=O) groups is 2. The lowest BCUT2D eigenvalue weighted by molar-refractivity contribution is -0.121. The Morgan fingerprint density at radius 1 is 1.06 bits per heavy atom. The maximum atomic E-state index is 13.2. The molecule has 1 saturated heterocycles. The molecule has 8 heteroatoms. The van der Waals surface area contributed by atoms with E-state index in [-0.39, 0.29) is 28.7 Å². The number of nitrogens with one attached hydrogen (secondary N) is 1. The van der Waals surface area contributed by atoms with Gasteiger partial charge in [-0.1, -0.05) is 18.2 Å². The predicted molar refractivity (Wildman–Crippen MR) is 124 cm³/mol. The van der Waals surface area contributed by atoms with Crippen LogP contribution in [0.25, 0.3) is 0 Å². The minimum Gasteiger partial charge on any atom is -0.326 e. The van der Waals surface area contributed by atoms with Crippen LogP contribution in [0, 0.1) is 12.8 Å². The van der Waals surface area contributed by atoms with Crippen molar-refractivity contribution in [1.29, 1.82) is 0 Å². The molecule has 0 aromatic heterocycles. The number of anilines is 2. The van der Waals surface area contributed by atoms with Gasteiger partial charge >= 0.3 is 0 Å². The van der Waals surface area contributed by atoms with Crippen molar-refractivity contribution < 1.29 is 18.0 Å². The normalized spacial score (nSPS) is 19.6. The first-order valence-electron chi connectivity index (χ1n) is 11.0. The fourth-order valence-corrected chi connectivity index (χ4v) is 6.22. The summed E-state index contributed by atoms with van der Waals surface area (Å²) in [5.41, 5.74) is 3.45. The number of sulfonamides is 1. The van der Waals surface area contributed by atoms with E-state index in [1.165, 1.54) is 11.2 Å². The summed E-state index contributed by atoms with van der Waals surface area (Å²) >= 11 is 0. The molecule has 1 fully saturated rings. The number of fused-ring (bicyclic) bond motifs is 1. The molecular weight excluding hydrogens is 426 g/mol. The van der Waals surface area contributed by atoms with Gasteiger partial charge in [0.25, 0.3) is 0 Å². The average Bonchev–Trinajstić information content (AvgIpc) is 3.10. The van der Waals surface area contributed by atoms with Crippen LogP contribution in [-0.4, -0.2) is 43.7 Å². The number of rotatable bonds is 4. The second-order valence-electron chi connectivity index (χ2n) is 8.72. The number of para-hydroxylation sites is 1. The quantitative estimate of drug-likeness (QED) is 0.766. The summed E-state index contributed by atoms with van der Waals surface area (Å²) in [5.74, 6) is -0.323. The second kappa shape index (κ2) is 8.67. The predicted octanol–water partition coefficient (Wildman–Crippen LogP) is 3.33. The molecule has 2 aromatic carbocycles. The highest BCUT2D eigenvalue weighted by Crippen LogP contribution is 2.35. The van der Waals surface area contributed by atoms with Gasteiger partial charge in [0.1, 0.15) is 0 Å². The molecule has 0 bridgehead atoms. The van der Waals surface area contributed by atoms with E-state index in [0.717, 1.165) is 22.5 Å². The maximum absolute atomic E-state index is 13.2. The number of benzene rings is 2. The summed E-state index contributed by atoms with van der Waals surface area (Å²) in [6.07, 6.45) is 1.60. The van der Waals surface area contributed by atoms with Gasteiger partial charge in [0.15, 0.2) is 0 Å². The number of nitrogens with zero attached hydrogens (tertiary/aromatic N) is 2.